The molecule has 88 valence electrons. The zero-order valence-corrected chi connectivity index (χ0v) is 10.3. The lowest BCUT2D eigenvalue weighted by Crippen LogP contribution is -2.28. The van der Waals surface area contributed by atoms with Gasteiger partial charge in [0.1, 0.15) is 0 Å². The smallest absolute Gasteiger partial charge is 0.222 e. The van der Waals surface area contributed by atoms with Gasteiger partial charge in [-0.3, -0.25) is 4.79 Å². The lowest BCUT2D eigenvalue weighted by molar-refractivity contribution is -0.130. The quantitative estimate of drug-likeness (QED) is 0.646. The Labute approximate surface area is 93.4 Å². The molecule has 0 aromatic heterocycles. The average Bonchev–Trinajstić information content (AvgIpc) is 2.59. The molecule has 0 aliphatic carbocycles. The summed E-state index contributed by atoms with van der Waals surface area (Å²) in [6, 6.07) is 0. The number of likely N-dealkylation sites (tertiary alicyclic amines) is 1. The van der Waals surface area contributed by atoms with E-state index in [1.807, 2.05) is 4.90 Å². The SMILES string of the molecule is C[C@@H]1CCN(C(=O)CCCCN(C)C)C1. The van der Waals surface area contributed by atoms with E-state index >= 15 is 0 Å². The molecule has 0 unspecified atom stereocenters. The van der Waals surface area contributed by atoms with Crippen LogP contribution < -0.4 is 0 Å². The van der Waals surface area contributed by atoms with E-state index in [-0.39, 0.29) is 0 Å². The van der Waals surface area contributed by atoms with Gasteiger partial charge < -0.3 is 9.80 Å². The third-order valence-electron chi connectivity index (χ3n) is 3.02. The van der Waals surface area contributed by atoms with Crippen molar-refractivity contribution < 1.29 is 4.79 Å². The molecule has 3 nitrogen and oxygen atoms in total. The van der Waals surface area contributed by atoms with Crippen molar-refractivity contribution in [1.29, 1.82) is 0 Å². The van der Waals surface area contributed by atoms with E-state index in [1.165, 1.54) is 6.42 Å². The van der Waals surface area contributed by atoms with Gasteiger partial charge in [0, 0.05) is 19.5 Å². The number of hydrogen-bond acceptors (Lipinski definition) is 2. The third-order valence-corrected chi connectivity index (χ3v) is 3.02. The minimum absolute atomic E-state index is 0.359. The fourth-order valence-corrected chi connectivity index (χ4v) is 2.02. The number of nitrogens with zero attached hydrogens (tertiary/aromatic N) is 2. The molecule has 1 aliphatic rings. The fraction of sp³-hybridized carbons (Fsp3) is 0.917. The summed E-state index contributed by atoms with van der Waals surface area (Å²) >= 11 is 0. The number of carbonyl (C=O) groups is 1. The van der Waals surface area contributed by atoms with E-state index in [0.717, 1.165) is 38.9 Å². The first-order valence-electron chi connectivity index (χ1n) is 6.02. The molecule has 1 aliphatic heterocycles. The molecule has 0 bridgehead atoms. The standard InChI is InChI=1S/C12H24N2O/c1-11-7-9-14(10-11)12(15)6-4-5-8-13(2)3/h11H,4-10H2,1-3H3/t11-/m1/s1. The molecule has 1 atom stereocenters. The molecule has 1 fully saturated rings. The summed E-state index contributed by atoms with van der Waals surface area (Å²) in [5.41, 5.74) is 0. The summed E-state index contributed by atoms with van der Waals surface area (Å²) in [5, 5.41) is 0. The van der Waals surface area contributed by atoms with Crippen molar-refractivity contribution in [2.75, 3.05) is 33.7 Å². The van der Waals surface area contributed by atoms with Crippen molar-refractivity contribution in [1.82, 2.24) is 9.80 Å². The van der Waals surface area contributed by atoms with Crippen molar-refractivity contribution >= 4 is 5.91 Å². The van der Waals surface area contributed by atoms with E-state index in [4.69, 9.17) is 0 Å². The van der Waals surface area contributed by atoms with Crippen molar-refractivity contribution in [3.8, 4) is 0 Å². The van der Waals surface area contributed by atoms with E-state index in [1.54, 1.807) is 0 Å². The predicted octanol–water partition coefficient (Wildman–Crippen LogP) is 1.59. The van der Waals surface area contributed by atoms with E-state index < -0.39 is 0 Å². The van der Waals surface area contributed by atoms with Crippen LogP contribution in [0.4, 0.5) is 0 Å². The zero-order chi connectivity index (χ0) is 11.3. The summed E-state index contributed by atoms with van der Waals surface area (Å²) < 4.78 is 0. The first-order chi connectivity index (χ1) is 7.09. The van der Waals surface area contributed by atoms with Crippen molar-refractivity contribution in [2.24, 2.45) is 5.92 Å². The van der Waals surface area contributed by atoms with Gasteiger partial charge in [-0.25, -0.2) is 0 Å². The molecular formula is C12H24N2O. The molecule has 1 heterocycles. The van der Waals surface area contributed by atoms with Gasteiger partial charge in [-0.05, 0) is 45.8 Å². The molecule has 0 spiro atoms. The highest BCUT2D eigenvalue weighted by molar-refractivity contribution is 5.76. The summed E-state index contributed by atoms with van der Waals surface area (Å²) in [6.45, 7) is 5.27. The molecule has 0 radical (unpaired) electrons. The number of rotatable bonds is 5. The third kappa shape index (κ3) is 4.65. The normalized spacial score (nSPS) is 21.3. The summed E-state index contributed by atoms with van der Waals surface area (Å²) in [4.78, 5) is 15.9. The molecular weight excluding hydrogens is 188 g/mol. The molecule has 0 aromatic rings. The molecule has 15 heavy (non-hydrogen) atoms. The summed E-state index contributed by atoms with van der Waals surface area (Å²) in [6.07, 6.45) is 4.08. The average molecular weight is 212 g/mol. The number of unbranched alkanes of at least 4 members (excludes halogenated alkanes) is 1. The molecule has 1 rings (SSSR count). The van der Waals surface area contributed by atoms with E-state index in [9.17, 15) is 4.79 Å². The topological polar surface area (TPSA) is 23.6 Å². The van der Waals surface area contributed by atoms with Crippen molar-refractivity contribution in [3.05, 3.63) is 0 Å². The van der Waals surface area contributed by atoms with Gasteiger partial charge in [-0.15, -0.1) is 0 Å². The van der Waals surface area contributed by atoms with Crippen LogP contribution in [0.5, 0.6) is 0 Å². The Morgan fingerprint density at radius 1 is 1.40 bits per heavy atom. The fourth-order valence-electron chi connectivity index (χ4n) is 2.02. The second-order valence-corrected chi connectivity index (χ2v) is 4.99. The first kappa shape index (κ1) is 12.5. The Morgan fingerprint density at radius 2 is 2.13 bits per heavy atom. The van der Waals surface area contributed by atoms with Gasteiger partial charge >= 0.3 is 0 Å². The van der Waals surface area contributed by atoms with Gasteiger partial charge in [-0.1, -0.05) is 6.92 Å². The van der Waals surface area contributed by atoms with Gasteiger partial charge in [0.2, 0.25) is 5.91 Å². The van der Waals surface area contributed by atoms with Gasteiger partial charge in [0.25, 0.3) is 0 Å². The second kappa shape index (κ2) is 6.11. The Bertz CT molecular complexity index is 204. The molecule has 1 saturated heterocycles. The van der Waals surface area contributed by atoms with Crippen LogP contribution in [0.1, 0.15) is 32.6 Å². The Morgan fingerprint density at radius 3 is 2.67 bits per heavy atom. The van der Waals surface area contributed by atoms with Crippen LogP contribution in [0, 0.1) is 5.92 Å². The van der Waals surface area contributed by atoms with Crippen LogP contribution in [0.15, 0.2) is 0 Å². The maximum Gasteiger partial charge on any atom is 0.222 e. The lowest BCUT2D eigenvalue weighted by atomic mass is 10.2. The number of carbonyl (C=O) groups excluding carboxylic acids is 1. The maximum absolute atomic E-state index is 11.7. The largest absolute Gasteiger partial charge is 0.342 e. The highest BCUT2D eigenvalue weighted by Crippen LogP contribution is 2.16. The summed E-state index contributed by atoms with van der Waals surface area (Å²) in [7, 11) is 4.15. The molecule has 0 aromatic carbocycles. The molecule has 0 N–H and O–H groups in total. The van der Waals surface area contributed by atoms with Crippen molar-refractivity contribution in [3.63, 3.8) is 0 Å². The lowest BCUT2D eigenvalue weighted by Gasteiger charge is -2.16. The monoisotopic (exact) mass is 212 g/mol. The molecule has 3 heteroatoms. The summed E-state index contributed by atoms with van der Waals surface area (Å²) in [5.74, 6) is 1.06. The minimum Gasteiger partial charge on any atom is -0.342 e. The Hall–Kier alpha value is -0.570. The van der Waals surface area contributed by atoms with Crippen LogP contribution in [-0.2, 0) is 4.79 Å². The van der Waals surface area contributed by atoms with E-state index in [0.29, 0.717) is 11.8 Å². The first-order valence-corrected chi connectivity index (χ1v) is 6.02. The Kier molecular flexibility index (Phi) is 5.09. The van der Waals surface area contributed by atoms with Crippen LogP contribution >= 0.6 is 0 Å². The van der Waals surface area contributed by atoms with Gasteiger partial charge in [0.15, 0.2) is 0 Å². The van der Waals surface area contributed by atoms with Crippen LogP contribution in [-0.4, -0.2) is 49.4 Å². The highest BCUT2D eigenvalue weighted by Gasteiger charge is 2.22. The predicted molar refractivity (Wildman–Crippen MR) is 62.8 cm³/mol. The van der Waals surface area contributed by atoms with Crippen molar-refractivity contribution in [2.45, 2.75) is 32.6 Å². The molecule has 1 amide bonds. The van der Waals surface area contributed by atoms with Crippen LogP contribution in [0.3, 0.4) is 0 Å². The number of amides is 1. The maximum atomic E-state index is 11.7. The highest BCUT2D eigenvalue weighted by atomic mass is 16.2. The Balaban J connectivity index is 2.08. The minimum atomic E-state index is 0.359. The molecule has 0 saturated carbocycles. The zero-order valence-electron chi connectivity index (χ0n) is 10.3. The van der Waals surface area contributed by atoms with E-state index in [2.05, 4.69) is 25.9 Å². The van der Waals surface area contributed by atoms with Crippen LogP contribution in [0.25, 0.3) is 0 Å². The van der Waals surface area contributed by atoms with Gasteiger partial charge in [0.05, 0.1) is 0 Å². The van der Waals surface area contributed by atoms with Crippen LogP contribution in [0.2, 0.25) is 0 Å². The second-order valence-electron chi connectivity index (χ2n) is 4.99. The van der Waals surface area contributed by atoms with Gasteiger partial charge in [-0.2, -0.15) is 0 Å². The number of hydrogen-bond donors (Lipinski definition) is 0.